The van der Waals surface area contributed by atoms with E-state index >= 15 is 0 Å². The summed E-state index contributed by atoms with van der Waals surface area (Å²) in [4.78, 5) is 12.1. The molecule has 0 spiro atoms. The zero-order valence-corrected chi connectivity index (χ0v) is 26.1. The third-order valence-corrected chi connectivity index (χ3v) is 9.10. The van der Waals surface area contributed by atoms with Crippen LogP contribution in [0.1, 0.15) is 82.1 Å². The van der Waals surface area contributed by atoms with Crippen LogP contribution in [0.5, 0.6) is 0 Å². The molecule has 2 aliphatic carbocycles. The van der Waals surface area contributed by atoms with Crippen molar-refractivity contribution in [2.45, 2.75) is 90.5 Å². The molecular weight excluding hydrogens is 500 g/mol. The third-order valence-electron chi connectivity index (χ3n) is 9.10. The second-order valence-electron chi connectivity index (χ2n) is 12.3. The number of allylic oxidation sites excluding steroid dienone is 2. The summed E-state index contributed by atoms with van der Waals surface area (Å²) in [5.74, 6) is 1.13. The lowest BCUT2D eigenvalue weighted by molar-refractivity contribution is 0.509. The molecule has 5 rings (SSSR count). The Morgan fingerprint density at radius 2 is 1.78 bits per heavy atom. The molecule has 3 aromatic rings. The van der Waals surface area contributed by atoms with Crippen molar-refractivity contribution < 1.29 is 0 Å². The van der Waals surface area contributed by atoms with Crippen LogP contribution in [-0.2, 0) is 18.3 Å². The van der Waals surface area contributed by atoms with Crippen molar-refractivity contribution in [1.82, 2.24) is 10.3 Å². The number of anilines is 1. The second-order valence-corrected chi connectivity index (χ2v) is 12.3. The van der Waals surface area contributed by atoms with Crippen molar-refractivity contribution in [2.24, 2.45) is 4.99 Å². The summed E-state index contributed by atoms with van der Waals surface area (Å²) in [5.41, 5.74) is 9.19. The van der Waals surface area contributed by atoms with Gasteiger partial charge in [-0.25, -0.2) is 0 Å². The summed E-state index contributed by atoms with van der Waals surface area (Å²) < 4.78 is 0. The first-order valence-electron chi connectivity index (χ1n) is 15.7. The fourth-order valence-corrected chi connectivity index (χ4v) is 6.61. The second kappa shape index (κ2) is 12.2. The number of aliphatic imine (C=N–C) groups is 1. The van der Waals surface area contributed by atoms with Gasteiger partial charge in [-0.1, -0.05) is 57.2 Å². The van der Waals surface area contributed by atoms with Crippen LogP contribution in [0, 0.1) is 6.92 Å². The lowest BCUT2D eigenvalue weighted by atomic mass is 9.85. The zero-order valence-electron chi connectivity index (χ0n) is 26.1. The summed E-state index contributed by atoms with van der Waals surface area (Å²) in [6.45, 7) is 13.5. The fourth-order valence-electron chi connectivity index (χ4n) is 6.61. The molecule has 0 saturated heterocycles. The number of nitrogens with zero attached hydrogens (tertiary/aromatic N) is 3. The van der Waals surface area contributed by atoms with Crippen molar-refractivity contribution in [2.75, 3.05) is 25.0 Å². The van der Waals surface area contributed by atoms with E-state index in [1.165, 1.54) is 38.9 Å². The van der Waals surface area contributed by atoms with Crippen LogP contribution in [0.25, 0.3) is 10.9 Å². The number of amidine groups is 1. The van der Waals surface area contributed by atoms with E-state index in [2.05, 4.69) is 111 Å². The molecule has 0 bridgehead atoms. The highest BCUT2D eigenvalue weighted by Crippen LogP contribution is 2.52. The molecule has 0 amide bonds. The number of hydrogen-bond acceptors (Lipinski definition) is 3. The lowest BCUT2D eigenvalue weighted by Crippen LogP contribution is -2.49. The Balaban J connectivity index is 1.34. The molecule has 1 fully saturated rings. The van der Waals surface area contributed by atoms with E-state index in [0.717, 1.165) is 69.4 Å². The predicted octanol–water partition coefficient (Wildman–Crippen LogP) is 8.27. The van der Waals surface area contributed by atoms with Crippen molar-refractivity contribution >= 4 is 22.4 Å². The van der Waals surface area contributed by atoms with Crippen LogP contribution in [0.4, 0.5) is 5.69 Å². The summed E-state index contributed by atoms with van der Waals surface area (Å²) in [6, 6.07) is 15.8. The molecule has 1 unspecified atom stereocenters. The average Bonchev–Trinajstić information content (AvgIpc) is 3.79. The maximum Gasteiger partial charge on any atom is 0.107 e. The number of fused-ring (bicyclic) bond motifs is 1. The number of nitrogens with one attached hydrogen (secondary N) is 1. The van der Waals surface area contributed by atoms with Gasteiger partial charge in [0.1, 0.15) is 5.84 Å². The van der Waals surface area contributed by atoms with Gasteiger partial charge in [0.2, 0.25) is 0 Å². The first-order chi connectivity index (χ1) is 19.9. The normalized spacial score (nSPS) is 19.8. The number of rotatable bonds is 11. The number of pyridine rings is 1. The largest absolute Gasteiger partial charge is 0.371 e. The van der Waals surface area contributed by atoms with Gasteiger partial charge in [0.05, 0.1) is 16.5 Å². The summed E-state index contributed by atoms with van der Waals surface area (Å²) in [6.07, 6.45) is 16.6. The summed E-state index contributed by atoms with van der Waals surface area (Å²) in [7, 11) is 1.96. The highest BCUT2D eigenvalue weighted by molar-refractivity contribution is 5.98. The maximum atomic E-state index is 4.90. The Hall–Kier alpha value is -3.40. The van der Waals surface area contributed by atoms with E-state index in [-0.39, 0.29) is 11.0 Å². The number of para-hydroxylation sites is 1. The van der Waals surface area contributed by atoms with E-state index < -0.39 is 0 Å². The van der Waals surface area contributed by atoms with Crippen LogP contribution in [0.2, 0.25) is 0 Å². The molecule has 4 heteroatoms. The number of benzene rings is 2. The lowest BCUT2D eigenvalue weighted by Gasteiger charge is -2.35. The molecule has 41 heavy (non-hydrogen) atoms. The SMILES string of the molecule is CCCN(CCC)c1ccccc1C1(/C(=N\C)NC2(C)C=CC(Cc3ccnc4cc(C)c(CC)cc34)=CC2)CC1. The maximum absolute atomic E-state index is 4.90. The Labute approximate surface area is 247 Å². The molecule has 1 atom stereocenters. The number of aromatic nitrogens is 1. The van der Waals surface area contributed by atoms with Gasteiger partial charge in [-0.3, -0.25) is 9.98 Å². The molecular formula is C37H48N4. The van der Waals surface area contributed by atoms with Gasteiger partial charge in [-0.05, 0) is 111 Å². The molecule has 1 N–H and O–H groups in total. The molecule has 4 nitrogen and oxygen atoms in total. The van der Waals surface area contributed by atoms with Crippen molar-refractivity contribution in [3.05, 3.63) is 94.7 Å². The summed E-state index contributed by atoms with van der Waals surface area (Å²) >= 11 is 0. The molecule has 1 heterocycles. The minimum absolute atomic E-state index is 0.0169. The number of hydrogen-bond donors (Lipinski definition) is 1. The fraction of sp³-hybridized carbons (Fsp3) is 0.459. The first-order valence-corrected chi connectivity index (χ1v) is 15.7. The molecule has 1 aromatic heterocycles. The Morgan fingerprint density at radius 1 is 1.02 bits per heavy atom. The first kappa shape index (κ1) is 29.1. The van der Waals surface area contributed by atoms with Crippen molar-refractivity contribution in [1.29, 1.82) is 0 Å². The standard InChI is InChI=1S/C37H48N4/c1-7-22-41(23-8-2)34-13-11-10-12-32(34)37(19-20-37)35(38-6)40-36(5)17-14-28(15-18-36)25-30-16-21-39-33-24-27(4)29(9-3)26-31(30)33/h10-17,21,24,26H,7-9,18-20,22-23,25H2,1-6H3,(H,38,40). The van der Waals surface area contributed by atoms with E-state index in [4.69, 9.17) is 4.99 Å². The minimum atomic E-state index is -0.164. The van der Waals surface area contributed by atoms with Crippen LogP contribution < -0.4 is 10.2 Å². The van der Waals surface area contributed by atoms with Crippen LogP contribution in [-0.4, -0.2) is 36.5 Å². The highest BCUT2D eigenvalue weighted by Gasteiger charge is 2.51. The van der Waals surface area contributed by atoms with Crippen LogP contribution >= 0.6 is 0 Å². The van der Waals surface area contributed by atoms with E-state index in [1.807, 2.05) is 13.2 Å². The van der Waals surface area contributed by atoms with Gasteiger partial charge in [0.25, 0.3) is 0 Å². The molecule has 0 radical (unpaired) electrons. The molecule has 0 aliphatic heterocycles. The Morgan fingerprint density at radius 3 is 2.41 bits per heavy atom. The smallest absolute Gasteiger partial charge is 0.107 e. The molecule has 216 valence electrons. The molecule has 1 saturated carbocycles. The molecule has 2 aromatic carbocycles. The van der Waals surface area contributed by atoms with E-state index in [0.29, 0.717) is 0 Å². The average molecular weight is 549 g/mol. The van der Waals surface area contributed by atoms with Gasteiger partial charge in [-0.2, -0.15) is 0 Å². The minimum Gasteiger partial charge on any atom is -0.371 e. The van der Waals surface area contributed by atoms with Crippen LogP contribution in [0.3, 0.4) is 0 Å². The van der Waals surface area contributed by atoms with Crippen LogP contribution in [0.15, 0.2) is 77.5 Å². The zero-order chi connectivity index (χ0) is 29.0. The Kier molecular flexibility index (Phi) is 8.68. The van der Waals surface area contributed by atoms with Crippen molar-refractivity contribution in [3.63, 3.8) is 0 Å². The summed E-state index contributed by atoms with van der Waals surface area (Å²) in [5, 5.41) is 5.22. The number of aryl methyl sites for hydroxylation is 2. The third kappa shape index (κ3) is 5.98. The quantitative estimate of drug-likeness (QED) is 0.194. The van der Waals surface area contributed by atoms with E-state index in [9.17, 15) is 0 Å². The Bertz CT molecular complexity index is 1470. The van der Waals surface area contributed by atoms with E-state index in [1.54, 1.807) is 0 Å². The highest BCUT2D eigenvalue weighted by atomic mass is 15.1. The monoisotopic (exact) mass is 548 g/mol. The topological polar surface area (TPSA) is 40.5 Å². The predicted molar refractivity (Wildman–Crippen MR) is 176 cm³/mol. The van der Waals surface area contributed by atoms with Gasteiger partial charge in [0.15, 0.2) is 0 Å². The van der Waals surface area contributed by atoms with Gasteiger partial charge in [0, 0.05) is 37.4 Å². The van der Waals surface area contributed by atoms with Gasteiger partial charge < -0.3 is 10.2 Å². The van der Waals surface area contributed by atoms with Gasteiger partial charge in [-0.15, -0.1) is 0 Å². The molecule has 2 aliphatic rings. The van der Waals surface area contributed by atoms with Gasteiger partial charge >= 0.3 is 0 Å². The van der Waals surface area contributed by atoms with Crippen molar-refractivity contribution in [3.8, 4) is 0 Å².